The summed E-state index contributed by atoms with van der Waals surface area (Å²) in [5, 5.41) is 3.06. The third-order valence-corrected chi connectivity index (χ3v) is 2.84. The standard InChI is InChI=1S/C14H17N3O/c1-9-5-6-13(18-4)11(7-9)14-16-8-12(15-3)10(2)17-14/h5-8,15H,1-4H3. The zero-order valence-corrected chi connectivity index (χ0v) is 11.1. The van der Waals surface area contributed by atoms with E-state index in [1.807, 2.05) is 39.1 Å². The van der Waals surface area contributed by atoms with E-state index >= 15 is 0 Å². The lowest BCUT2D eigenvalue weighted by Gasteiger charge is -2.10. The molecule has 0 aliphatic carbocycles. The Kier molecular flexibility index (Phi) is 3.46. The molecule has 1 aromatic heterocycles. The molecule has 0 fully saturated rings. The maximum absolute atomic E-state index is 5.36. The second kappa shape index (κ2) is 5.04. The molecular formula is C14H17N3O. The van der Waals surface area contributed by atoms with Crippen LogP contribution in [0.2, 0.25) is 0 Å². The van der Waals surface area contributed by atoms with Crippen LogP contribution in [0.15, 0.2) is 24.4 Å². The summed E-state index contributed by atoms with van der Waals surface area (Å²) in [5.74, 6) is 1.48. The lowest BCUT2D eigenvalue weighted by Crippen LogP contribution is -1.99. The van der Waals surface area contributed by atoms with Crippen molar-refractivity contribution < 1.29 is 4.74 Å². The first-order valence-electron chi connectivity index (χ1n) is 5.82. The van der Waals surface area contributed by atoms with Gasteiger partial charge in [0.1, 0.15) is 5.75 Å². The van der Waals surface area contributed by atoms with E-state index in [4.69, 9.17) is 4.74 Å². The van der Waals surface area contributed by atoms with Crippen LogP contribution in [0.1, 0.15) is 11.3 Å². The van der Waals surface area contributed by atoms with Crippen LogP contribution in [0.3, 0.4) is 0 Å². The summed E-state index contributed by atoms with van der Waals surface area (Å²) in [6, 6.07) is 5.99. The summed E-state index contributed by atoms with van der Waals surface area (Å²) in [6.07, 6.45) is 1.79. The molecule has 0 saturated heterocycles. The third kappa shape index (κ3) is 2.27. The molecule has 1 heterocycles. The minimum absolute atomic E-state index is 0.687. The number of nitrogens with zero attached hydrogens (tertiary/aromatic N) is 2. The maximum Gasteiger partial charge on any atom is 0.163 e. The summed E-state index contributed by atoms with van der Waals surface area (Å²) < 4.78 is 5.36. The average molecular weight is 243 g/mol. The molecule has 1 aromatic carbocycles. The SMILES string of the molecule is CNc1cnc(-c2cc(C)ccc2OC)nc1C. The Labute approximate surface area is 107 Å². The Hall–Kier alpha value is -2.10. The molecule has 94 valence electrons. The molecule has 2 rings (SSSR count). The molecule has 0 spiro atoms. The van der Waals surface area contributed by atoms with Gasteiger partial charge in [0.05, 0.1) is 30.3 Å². The van der Waals surface area contributed by atoms with Crippen molar-refractivity contribution in [2.45, 2.75) is 13.8 Å². The van der Waals surface area contributed by atoms with Crippen LogP contribution in [-0.4, -0.2) is 24.1 Å². The number of anilines is 1. The van der Waals surface area contributed by atoms with Crippen molar-refractivity contribution in [2.75, 3.05) is 19.5 Å². The largest absolute Gasteiger partial charge is 0.496 e. The number of nitrogens with one attached hydrogen (secondary N) is 1. The van der Waals surface area contributed by atoms with Gasteiger partial charge in [-0.25, -0.2) is 9.97 Å². The molecule has 0 amide bonds. The van der Waals surface area contributed by atoms with Crippen LogP contribution in [0.5, 0.6) is 5.75 Å². The van der Waals surface area contributed by atoms with Crippen molar-refractivity contribution in [1.29, 1.82) is 0 Å². The molecule has 4 heteroatoms. The molecule has 0 radical (unpaired) electrons. The normalized spacial score (nSPS) is 10.2. The highest BCUT2D eigenvalue weighted by Gasteiger charge is 2.10. The highest BCUT2D eigenvalue weighted by atomic mass is 16.5. The van der Waals surface area contributed by atoms with Gasteiger partial charge in [0.15, 0.2) is 5.82 Å². The molecule has 0 aliphatic heterocycles. The van der Waals surface area contributed by atoms with Gasteiger partial charge in [-0.15, -0.1) is 0 Å². The number of benzene rings is 1. The summed E-state index contributed by atoms with van der Waals surface area (Å²) in [4.78, 5) is 8.89. The summed E-state index contributed by atoms with van der Waals surface area (Å²) in [7, 11) is 3.52. The van der Waals surface area contributed by atoms with Crippen molar-refractivity contribution in [3.63, 3.8) is 0 Å². The molecule has 0 bridgehead atoms. The highest BCUT2D eigenvalue weighted by Crippen LogP contribution is 2.29. The fourth-order valence-corrected chi connectivity index (χ4v) is 1.84. The van der Waals surface area contributed by atoms with Crippen LogP contribution >= 0.6 is 0 Å². The first-order valence-corrected chi connectivity index (χ1v) is 5.82. The van der Waals surface area contributed by atoms with Gasteiger partial charge < -0.3 is 10.1 Å². The Morgan fingerprint density at radius 1 is 1.22 bits per heavy atom. The van der Waals surface area contributed by atoms with Crippen molar-refractivity contribution >= 4 is 5.69 Å². The number of ether oxygens (including phenoxy) is 1. The molecule has 0 unspecified atom stereocenters. The number of methoxy groups -OCH3 is 1. The number of hydrogen-bond acceptors (Lipinski definition) is 4. The first-order chi connectivity index (χ1) is 8.65. The van der Waals surface area contributed by atoms with E-state index < -0.39 is 0 Å². The van der Waals surface area contributed by atoms with E-state index in [0.29, 0.717) is 5.82 Å². The summed E-state index contributed by atoms with van der Waals surface area (Å²) in [6.45, 7) is 4.00. The van der Waals surface area contributed by atoms with Gasteiger partial charge in [0.2, 0.25) is 0 Å². The predicted octanol–water partition coefficient (Wildman–Crippen LogP) is 2.81. The van der Waals surface area contributed by atoms with Crippen molar-refractivity contribution in [3.8, 4) is 17.1 Å². The third-order valence-electron chi connectivity index (χ3n) is 2.84. The molecule has 4 nitrogen and oxygen atoms in total. The van der Waals surface area contributed by atoms with Gasteiger partial charge in [-0.05, 0) is 26.0 Å². The van der Waals surface area contributed by atoms with E-state index in [-0.39, 0.29) is 0 Å². The molecule has 18 heavy (non-hydrogen) atoms. The fourth-order valence-electron chi connectivity index (χ4n) is 1.84. The minimum atomic E-state index is 0.687. The number of hydrogen-bond donors (Lipinski definition) is 1. The Morgan fingerprint density at radius 2 is 2.00 bits per heavy atom. The first kappa shape index (κ1) is 12.4. The average Bonchev–Trinajstić information content (AvgIpc) is 2.38. The number of aryl methyl sites for hydroxylation is 2. The lowest BCUT2D eigenvalue weighted by atomic mass is 10.1. The van der Waals surface area contributed by atoms with Gasteiger partial charge in [-0.3, -0.25) is 0 Å². The van der Waals surface area contributed by atoms with E-state index in [1.54, 1.807) is 13.3 Å². The van der Waals surface area contributed by atoms with E-state index in [1.165, 1.54) is 0 Å². The topological polar surface area (TPSA) is 47.0 Å². The van der Waals surface area contributed by atoms with Crippen molar-refractivity contribution in [2.24, 2.45) is 0 Å². The van der Waals surface area contributed by atoms with Gasteiger partial charge >= 0.3 is 0 Å². The lowest BCUT2D eigenvalue weighted by molar-refractivity contribution is 0.416. The van der Waals surface area contributed by atoms with Crippen molar-refractivity contribution in [3.05, 3.63) is 35.7 Å². The summed E-state index contributed by atoms with van der Waals surface area (Å²) in [5.41, 5.74) is 3.93. The van der Waals surface area contributed by atoms with Crippen LogP contribution in [0, 0.1) is 13.8 Å². The Balaban J connectivity index is 2.54. The van der Waals surface area contributed by atoms with Crippen LogP contribution in [0.4, 0.5) is 5.69 Å². The zero-order chi connectivity index (χ0) is 13.1. The van der Waals surface area contributed by atoms with Gasteiger partial charge in [-0.2, -0.15) is 0 Å². The Bertz CT molecular complexity index is 567. The van der Waals surface area contributed by atoms with Gasteiger partial charge in [0, 0.05) is 7.05 Å². The smallest absolute Gasteiger partial charge is 0.163 e. The maximum atomic E-state index is 5.36. The molecular weight excluding hydrogens is 226 g/mol. The van der Waals surface area contributed by atoms with Crippen LogP contribution < -0.4 is 10.1 Å². The Morgan fingerprint density at radius 3 is 2.61 bits per heavy atom. The highest BCUT2D eigenvalue weighted by molar-refractivity contribution is 5.66. The second-order valence-electron chi connectivity index (χ2n) is 4.15. The van der Waals surface area contributed by atoms with E-state index in [9.17, 15) is 0 Å². The van der Waals surface area contributed by atoms with Crippen molar-refractivity contribution in [1.82, 2.24) is 9.97 Å². The van der Waals surface area contributed by atoms with Gasteiger partial charge in [-0.1, -0.05) is 11.6 Å². The monoisotopic (exact) mass is 243 g/mol. The summed E-state index contributed by atoms with van der Waals surface area (Å²) >= 11 is 0. The zero-order valence-electron chi connectivity index (χ0n) is 11.1. The number of rotatable bonds is 3. The van der Waals surface area contributed by atoms with Gasteiger partial charge in [0.25, 0.3) is 0 Å². The molecule has 0 saturated carbocycles. The minimum Gasteiger partial charge on any atom is -0.496 e. The molecule has 1 N–H and O–H groups in total. The van der Waals surface area contributed by atoms with Crippen LogP contribution in [-0.2, 0) is 0 Å². The predicted molar refractivity (Wildman–Crippen MR) is 73.0 cm³/mol. The second-order valence-corrected chi connectivity index (χ2v) is 4.15. The molecule has 2 aromatic rings. The van der Waals surface area contributed by atoms with Crippen LogP contribution in [0.25, 0.3) is 11.4 Å². The fraction of sp³-hybridized carbons (Fsp3) is 0.286. The quantitative estimate of drug-likeness (QED) is 0.900. The molecule has 0 atom stereocenters. The van der Waals surface area contributed by atoms with E-state index in [0.717, 1.165) is 28.3 Å². The van der Waals surface area contributed by atoms with E-state index in [2.05, 4.69) is 15.3 Å². The number of aromatic nitrogens is 2. The molecule has 0 aliphatic rings.